The summed E-state index contributed by atoms with van der Waals surface area (Å²) >= 11 is 12.8. The highest BCUT2D eigenvalue weighted by molar-refractivity contribution is 7.92. The van der Waals surface area contributed by atoms with Crippen LogP contribution in [-0.4, -0.2) is 26.6 Å². The molecule has 1 aromatic heterocycles. The fraction of sp³-hybridized carbons (Fsp3) is 0.217. The molecule has 7 nitrogen and oxygen atoms in total. The van der Waals surface area contributed by atoms with Crippen LogP contribution in [0.25, 0.3) is 0 Å². The first-order chi connectivity index (χ1) is 16.3. The van der Waals surface area contributed by atoms with Crippen molar-refractivity contribution in [1.29, 1.82) is 0 Å². The van der Waals surface area contributed by atoms with Crippen molar-refractivity contribution in [3.63, 3.8) is 0 Å². The van der Waals surface area contributed by atoms with Gasteiger partial charge in [0, 0.05) is 21.3 Å². The van der Waals surface area contributed by atoms with Gasteiger partial charge < -0.3 is 15.4 Å². The van der Waals surface area contributed by atoms with Gasteiger partial charge in [-0.3, -0.25) is 4.72 Å². The van der Waals surface area contributed by atoms with E-state index in [0.29, 0.717) is 32.1 Å². The number of carbonyl (C=O) groups excluding carboxylic acids is 1. The Labute approximate surface area is 212 Å². The summed E-state index contributed by atoms with van der Waals surface area (Å²) in [4.78, 5) is 13.7. The molecule has 0 saturated heterocycles. The lowest BCUT2D eigenvalue weighted by atomic mass is 9.95. The van der Waals surface area contributed by atoms with Gasteiger partial charge in [0.1, 0.15) is 5.00 Å². The number of nitrogens with one attached hydrogen (secondary N) is 3. The van der Waals surface area contributed by atoms with Gasteiger partial charge in [0.05, 0.1) is 17.6 Å². The van der Waals surface area contributed by atoms with Crippen LogP contribution in [0.2, 0.25) is 5.02 Å². The van der Waals surface area contributed by atoms with Gasteiger partial charge in [0.15, 0.2) is 5.11 Å². The summed E-state index contributed by atoms with van der Waals surface area (Å²) in [5.74, 6) is -0.382. The number of methoxy groups -OCH3 is 1. The number of sulfonamides is 1. The normalized spacial score (nSPS) is 13.0. The Hall–Kier alpha value is -2.66. The van der Waals surface area contributed by atoms with E-state index in [1.165, 1.54) is 35.5 Å². The Morgan fingerprint density at radius 3 is 2.32 bits per heavy atom. The number of ether oxygens (including phenoxy) is 1. The first kappa shape index (κ1) is 24.5. The highest BCUT2D eigenvalue weighted by Crippen LogP contribution is 2.38. The van der Waals surface area contributed by atoms with Crippen molar-refractivity contribution in [2.45, 2.75) is 30.6 Å². The Kier molecular flexibility index (Phi) is 7.42. The van der Waals surface area contributed by atoms with Crippen molar-refractivity contribution >= 4 is 72.6 Å². The lowest BCUT2D eigenvalue weighted by Gasteiger charge is -2.13. The molecule has 2 aromatic carbocycles. The predicted molar refractivity (Wildman–Crippen MR) is 141 cm³/mol. The van der Waals surface area contributed by atoms with Crippen molar-refractivity contribution in [2.24, 2.45) is 0 Å². The number of anilines is 3. The maximum atomic E-state index is 12.6. The van der Waals surface area contributed by atoms with Crippen molar-refractivity contribution in [3.05, 3.63) is 69.6 Å². The van der Waals surface area contributed by atoms with Crippen LogP contribution in [0.1, 0.15) is 33.6 Å². The molecular weight excluding hydrogens is 514 g/mol. The van der Waals surface area contributed by atoms with E-state index in [9.17, 15) is 13.2 Å². The standard InChI is InChI=1S/C23H22ClN3O4S3/c1-31-22(28)20-18-4-2-3-5-19(18)33-21(20)26-23(32)25-15-10-12-17(13-11-15)34(29,30)27-16-8-6-14(24)7-9-16/h6-13,27H,2-5H2,1H3,(H2,25,26,32). The second kappa shape index (κ2) is 10.3. The van der Waals surface area contributed by atoms with Gasteiger partial charge in [-0.1, -0.05) is 11.6 Å². The average molecular weight is 536 g/mol. The molecule has 11 heteroatoms. The van der Waals surface area contributed by atoms with Gasteiger partial charge in [0.2, 0.25) is 0 Å². The zero-order valence-electron chi connectivity index (χ0n) is 18.2. The molecule has 0 fully saturated rings. The summed E-state index contributed by atoms with van der Waals surface area (Å²) < 4.78 is 32.8. The number of esters is 1. The minimum atomic E-state index is -3.76. The zero-order chi connectivity index (χ0) is 24.3. The van der Waals surface area contributed by atoms with E-state index in [1.54, 1.807) is 36.4 Å². The molecule has 0 unspecified atom stereocenters. The van der Waals surface area contributed by atoms with Crippen molar-refractivity contribution in [3.8, 4) is 0 Å². The van der Waals surface area contributed by atoms with Gasteiger partial charge in [0.25, 0.3) is 10.0 Å². The van der Waals surface area contributed by atoms with Crippen LogP contribution in [0.3, 0.4) is 0 Å². The molecule has 0 spiro atoms. The maximum Gasteiger partial charge on any atom is 0.341 e. The summed E-state index contributed by atoms with van der Waals surface area (Å²) in [6.45, 7) is 0. The van der Waals surface area contributed by atoms with Gasteiger partial charge in [-0.15, -0.1) is 11.3 Å². The van der Waals surface area contributed by atoms with Gasteiger partial charge >= 0.3 is 5.97 Å². The molecule has 0 atom stereocenters. The predicted octanol–water partition coefficient (Wildman–Crippen LogP) is 5.68. The van der Waals surface area contributed by atoms with Crippen LogP contribution in [0.4, 0.5) is 16.4 Å². The molecule has 178 valence electrons. The van der Waals surface area contributed by atoms with Crippen LogP contribution < -0.4 is 15.4 Å². The van der Waals surface area contributed by atoms with Crippen LogP contribution in [-0.2, 0) is 27.6 Å². The minimum absolute atomic E-state index is 0.103. The molecule has 1 heterocycles. The summed E-state index contributed by atoms with van der Waals surface area (Å²) in [6, 6.07) is 12.6. The van der Waals surface area contributed by atoms with E-state index in [1.807, 2.05) is 0 Å². The van der Waals surface area contributed by atoms with Gasteiger partial charge in [-0.2, -0.15) is 0 Å². The minimum Gasteiger partial charge on any atom is -0.465 e. The molecule has 34 heavy (non-hydrogen) atoms. The number of aryl methyl sites for hydroxylation is 1. The highest BCUT2D eigenvalue weighted by atomic mass is 35.5. The Morgan fingerprint density at radius 1 is 1.00 bits per heavy atom. The van der Waals surface area contributed by atoms with Crippen molar-refractivity contribution in [1.82, 2.24) is 0 Å². The zero-order valence-corrected chi connectivity index (χ0v) is 21.4. The molecular formula is C23H22ClN3O4S3. The third-order valence-corrected chi connectivity index (χ3v) is 8.37. The van der Waals surface area contributed by atoms with Gasteiger partial charge in [-0.05, 0) is 92.0 Å². The number of thiocarbonyl (C=S) groups is 1. The molecule has 0 bridgehead atoms. The Balaban J connectivity index is 1.45. The molecule has 0 aliphatic heterocycles. The topological polar surface area (TPSA) is 96.5 Å². The number of hydrogen-bond donors (Lipinski definition) is 3. The first-order valence-electron chi connectivity index (χ1n) is 10.5. The SMILES string of the molecule is COC(=O)c1c(NC(=S)Nc2ccc(S(=O)(=O)Nc3ccc(Cl)cc3)cc2)sc2c1CCCC2. The van der Waals surface area contributed by atoms with Crippen LogP contribution >= 0.6 is 35.2 Å². The maximum absolute atomic E-state index is 12.6. The van der Waals surface area contributed by atoms with E-state index < -0.39 is 10.0 Å². The fourth-order valence-corrected chi connectivity index (χ4v) is 6.44. The molecule has 3 aromatic rings. The number of fused-ring (bicyclic) bond motifs is 1. The molecule has 3 N–H and O–H groups in total. The summed E-state index contributed by atoms with van der Waals surface area (Å²) in [6.07, 6.45) is 3.92. The van der Waals surface area contributed by atoms with Crippen LogP contribution in [0.5, 0.6) is 0 Å². The van der Waals surface area contributed by atoms with E-state index >= 15 is 0 Å². The third kappa shape index (κ3) is 5.52. The Bertz CT molecular complexity index is 1320. The van der Waals surface area contributed by atoms with Crippen molar-refractivity contribution in [2.75, 3.05) is 22.5 Å². The lowest BCUT2D eigenvalue weighted by Crippen LogP contribution is -2.20. The van der Waals surface area contributed by atoms with E-state index in [-0.39, 0.29) is 10.9 Å². The summed E-state index contributed by atoms with van der Waals surface area (Å²) in [7, 11) is -2.39. The lowest BCUT2D eigenvalue weighted by molar-refractivity contribution is 0.0601. The average Bonchev–Trinajstić information content (AvgIpc) is 3.18. The number of thiophene rings is 1. The van der Waals surface area contributed by atoms with E-state index in [4.69, 9.17) is 28.6 Å². The van der Waals surface area contributed by atoms with Crippen molar-refractivity contribution < 1.29 is 17.9 Å². The summed E-state index contributed by atoms with van der Waals surface area (Å²) in [5.41, 5.74) is 2.60. The monoisotopic (exact) mass is 535 g/mol. The molecule has 0 amide bonds. The quantitative estimate of drug-likeness (QED) is 0.276. The van der Waals surface area contributed by atoms with Crippen LogP contribution in [0, 0.1) is 0 Å². The molecule has 1 aliphatic carbocycles. The van der Waals surface area contributed by atoms with E-state index in [2.05, 4.69) is 15.4 Å². The third-order valence-electron chi connectivity index (χ3n) is 5.31. The van der Waals surface area contributed by atoms with Gasteiger partial charge in [-0.25, -0.2) is 13.2 Å². The smallest absolute Gasteiger partial charge is 0.341 e. The second-order valence-corrected chi connectivity index (χ2v) is 11.3. The number of benzene rings is 2. The largest absolute Gasteiger partial charge is 0.465 e. The highest BCUT2D eigenvalue weighted by Gasteiger charge is 2.26. The molecule has 0 saturated carbocycles. The fourth-order valence-electron chi connectivity index (χ4n) is 3.69. The molecule has 0 radical (unpaired) electrons. The number of halogens is 1. The first-order valence-corrected chi connectivity index (χ1v) is 13.5. The summed E-state index contributed by atoms with van der Waals surface area (Å²) in [5, 5.41) is 7.61. The number of carbonyl (C=O) groups is 1. The van der Waals surface area contributed by atoms with E-state index in [0.717, 1.165) is 31.2 Å². The number of rotatable bonds is 6. The number of hydrogen-bond acceptors (Lipinski definition) is 6. The Morgan fingerprint density at radius 2 is 1.65 bits per heavy atom. The molecule has 4 rings (SSSR count). The van der Waals surface area contributed by atoms with Crippen LogP contribution in [0.15, 0.2) is 53.4 Å². The molecule has 1 aliphatic rings. The second-order valence-electron chi connectivity index (χ2n) is 7.62.